The van der Waals surface area contributed by atoms with Gasteiger partial charge in [-0.2, -0.15) is 5.10 Å². The van der Waals surface area contributed by atoms with Crippen molar-refractivity contribution >= 4 is 46.0 Å². The van der Waals surface area contributed by atoms with Crippen molar-refractivity contribution in [2.24, 2.45) is 0 Å². The van der Waals surface area contributed by atoms with E-state index in [9.17, 15) is 9.59 Å². The monoisotopic (exact) mass is 425 g/mol. The van der Waals surface area contributed by atoms with Crippen molar-refractivity contribution in [3.63, 3.8) is 0 Å². The minimum atomic E-state index is -0.487. The largest absolute Gasteiger partial charge is 0.325 e. The lowest BCUT2D eigenvalue weighted by Gasteiger charge is -2.11. The smallest absolute Gasteiger partial charge is 0.262 e. The molecule has 0 fully saturated rings. The van der Waals surface area contributed by atoms with E-state index in [1.165, 1.54) is 6.20 Å². The summed E-state index contributed by atoms with van der Waals surface area (Å²) in [6.45, 7) is 1.74. The first-order valence-corrected chi connectivity index (χ1v) is 10.0. The molecule has 29 heavy (non-hydrogen) atoms. The third-order valence-electron chi connectivity index (χ3n) is 4.19. The number of carbonyl (C=O) groups is 1. The average molecular weight is 426 g/mol. The number of anilines is 1. The summed E-state index contributed by atoms with van der Waals surface area (Å²) < 4.78 is 1.60. The zero-order valence-electron chi connectivity index (χ0n) is 15.3. The summed E-state index contributed by atoms with van der Waals surface area (Å²) in [5.41, 5.74) is 1.58. The van der Waals surface area contributed by atoms with Crippen LogP contribution < -0.4 is 10.9 Å². The fourth-order valence-corrected chi connectivity index (χ4v) is 3.63. The van der Waals surface area contributed by atoms with Crippen molar-refractivity contribution in [2.45, 2.75) is 17.3 Å². The Morgan fingerprint density at radius 2 is 1.90 bits per heavy atom. The molecule has 1 amide bonds. The Morgan fingerprint density at radius 1 is 1.17 bits per heavy atom. The number of nitrogens with one attached hydrogen (secondary N) is 2. The van der Waals surface area contributed by atoms with E-state index in [4.69, 9.17) is 11.6 Å². The molecule has 9 heteroatoms. The molecule has 1 atom stereocenters. The molecule has 0 aliphatic heterocycles. The molecular weight excluding hydrogens is 410 g/mol. The van der Waals surface area contributed by atoms with Gasteiger partial charge in [-0.15, -0.1) is 0 Å². The molecule has 4 aromatic rings. The quantitative estimate of drug-likeness (QED) is 0.374. The van der Waals surface area contributed by atoms with Gasteiger partial charge in [0.05, 0.1) is 17.1 Å². The van der Waals surface area contributed by atoms with Gasteiger partial charge in [-0.05, 0) is 43.3 Å². The van der Waals surface area contributed by atoms with Crippen LogP contribution in [-0.4, -0.2) is 30.9 Å². The Balaban J connectivity index is 1.58. The fourth-order valence-electron chi connectivity index (χ4n) is 2.71. The molecule has 7 nitrogen and oxygen atoms in total. The minimum Gasteiger partial charge on any atom is -0.325 e. The number of rotatable bonds is 5. The van der Waals surface area contributed by atoms with Crippen LogP contribution in [0.3, 0.4) is 0 Å². The van der Waals surface area contributed by atoms with Crippen LogP contribution >= 0.6 is 23.4 Å². The van der Waals surface area contributed by atoms with Gasteiger partial charge in [0.2, 0.25) is 5.91 Å². The summed E-state index contributed by atoms with van der Waals surface area (Å²) in [5, 5.41) is 7.94. The summed E-state index contributed by atoms with van der Waals surface area (Å²) >= 11 is 7.03. The van der Waals surface area contributed by atoms with Gasteiger partial charge in [-0.1, -0.05) is 41.6 Å². The Labute approximate surface area is 175 Å². The summed E-state index contributed by atoms with van der Waals surface area (Å²) in [5.74, 6) is -0.211. The second-order valence-electron chi connectivity index (χ2n) is 6.26. The second-order valence-corrected chi connectivity index (χ2v) is 8.02. The zero-order chi connectivity index (χ0) is 20.4. The van der Waals surface area contributed by atoms with E-state index in [1.807, 2.05) is 30.3 Å². The predicted octanol–water partition coefficient (Wildman–Crippen LogP) is 3.88. The minimum absolute atomic E-state index is 0.211. The van der Waals surface area contributed by atoms with Crippen LogP contribution in [0.4, 0.5) is 5.69 Å². The molecule has 2 aromatic carbocycles. The van der Waals surface area contributed by atoms with E-state index >= 15 is 0 Å². The maximum absolute atomic E-state index is 12.5. The summed E-state index contributed by atoms with van der Waals surface area (Å²) in [6, 6.07) is 16.3. The lowest BCUT2D eigenvalue weighted by atomic mass is 10.3. The van der Waals surface area contributed by atoms with Crippen molar-refractivity contribution in [1.82, 2.24) is 19.7 Å². The Morgan fingerprint density at radius 3 is 2.62 bits per heavy atom. The molecule has 0 saturated carbocycles. The highest BCUT2D eigenvalue weighted by molar-refractivity contribution is 8.00. The summed E-state index contributed by atoms with van der Waals surface area (Å²) in [6.07, 6.45) is 1.49. The standard InChI is InChI=1S/C20H16ClN5O2S/c1-12(18(27)23-14-9-7-13(21)8-10-14)29-20-24-17-16(19(28)25-20)11-22-26(17)15-5-3-2-4-6-15/h2-12H,1H3,(H,23,27)(H,24,25,28). The summed E-state index contributed by atoms with van der Waals surface area (Å²) in [7, 11) is 0. The molecular formula is C20H16ClN5O2S. The Kier molecular flexibility index (Phi) is 5.37. The molecule has 0 spiro atoms. The predicted molar refractivity (Wildman–Crippen MR) is 115 cm³/mol. The highest BCUT2D eigenvalue weighted by Crippen LogP contribution is 2.23. The molecule has 2 heterocycles. The van der Waals surface area contributed by atoms with Gasteiger partial charge in [0.1, 0.15) is 5.39 Å². The highest BCUT2D eigenvalue weighted by atomic mass is 35.5. The van der Waals surface area contributed by atoms with Gasteiger partial charge in [0.25, 0.3) is 5.56 Å². The van der Waals surface area contributed by atoms with Gasteiger partial charge in [0, 0.05) is 10.7 Å². The topological polar surface area (TPSA) is 92.7 Å². The maximum Gasteiger partial charge on any atom is 0.262 e. The van der Waals surface area contributed by atoms with Crippen molar-refractivity contribution < 1.29 is 4.79 Å². The van der Waals surface area contributed by atoms with E-state index in [0.717, 1.165) is 17.4 Å². The van der Waals surface area contributed by atoms with Gasteiger partial charge >= 0.3 is 0 Å². The number of hydrogen-bond donors (Lipinski definition) is 2. The lowest BCUT2D eigenvalue weighted by molar-refractivity contribution is -0.115. The van der Waals surface area contributed by atoms with Crippen molar-refractivity contribution in [2.75, 3.05) is 5.32 Å². The fraction of sp³-hybridized carbons (Fsp3) is 0.100. The first-order valence-electron chi connectivity index (χ1n) is 8.78. The molecule has 4 rings (SSSR count). The lowest BCUT2D eigenvalue weighted by Crippen LogP contribution is -2.23. The molecule has 2 aromatic heterocycles. The second kappa shape index (κ2) is 8.10. The van der Waals surface area contributed by atoms with Crippen LogP contribution in [0.15, 0.2) is 70.7 Å². The third-order valence-corrected chi connectivity index (χ3v) is 5.42. The van der Waals surface area contributed by atoms with Crippen molar-refractivity contribution in [3.05, 3.63) is 76.2 Å². The van der Waals surface area contributed by atoms with Crippen LogP contribution in [0.1, 0.15) is 6.92 Å². The van der Waals surface area contributed by atoms with Crippen molar-refractivity contribution in [1.29, 1.82) is 0 Å². The van der Waals surface area contributed by atoms with E-state index in [2.05, 4.69) is 20.4 Å². The van der Waals surface area contributed by atoms with E-state index in [-0.39, 0.29) is 11.5 Å². The maximum atomic E-state index is 12.5. The van der Waals surface area contributed by atoms with E-state index < -0.39 is 5.25 Å². The first-order chi connectivity index (χ1) is 14.0. The average Bonchev–Trinajstić information content (AvgIpc) is 3.15. The molecule has 0 aliphatic carbocycles. The number of benzene rings is 2. The number of nitrogens with zero attached hydrogens (tertiary/aromatic N) is 3. The number of thioether (sulfide) groups is 1. The van der Waals surface area contributed by atoms with Crippen LogP contribution in [0.2, 0.25) is 5.02 Å². The molecule has 146 valence electrons. The van der Waals surface area contributed by atoms with Crippen LogP contribution in [0, 0.1) is 0 Å². The number of hydrogen-bond acceptors (Lipinski definition) is 5. The molecule has 0 bridgehead atoms. The first kappa shape index (κ1) is 19.2. The number of para-hydroxylation sites is 1. The van der Waals surface area contributed by atoms with Gasteiger partial charge in [0.15, 0.2) is 10.8 Å². The van der Waals surface area contributed by atoms with Gasteiger partial charge in [-0.25, -0.2) is 9.67 Å². The normalized spacial score (nSPS) is 12.1. The van der Waals surface area contributed by atoms with Gasteiger partial charge in [-0.3, -0.25) is 9.59 Å². The summed E-state index contributed by atoms with van der Waals surface area (Å²) in [4.78, 5) is 32.2. The Hall–Kier alpha value is -3.10. The number of aromatic amines is 1. The van der Waals surface area contributed by atoms with Crippen LogP contribution in [0.25, 0.3) is 16.7 Å². The SMILES string of the molecule is CC(Sc1nc2c(cnn2-c2ccccc2)c(=O)[nH]1)C(=O)Nc1ccc(Cl)cc1. The Bertz CT molecular complexity index is 1220. The number of carbonyl (C=O) groups excluding carboxylic acids is 1. The van der Waals surface area contributed by atoms with Gasteiger partial charge < -0.3 is 10.3 Å². The number of halogens is 1. The van der Waals surface area contributed by atoms with Crippen LogP contribution in [-0.2, 0) is 4.79 Å². The van der Waals surface area contributed by atoms with E-state index in [0.29, 0.717) is 26.9 Å². The molecule has 1 unspecified atom stereocenters. The number of fused-ring (bicyclic) bond motifs is 1. The highest BCUT2D eigenvalue weighted by Gasteiger charge is 2.18. The van der Waals surface area contributed by atoms with E-state index in [1.54, 1.807) is 35.9 Å². The molecule has 0 radical (unpaired) electrons. The number of aromatic nitrogens is 4. The molecule has 0 aliphatic rings. The number of H-pyrrole nitrogens is 1. The molecule has 2 N–H and O–H groups in total. The third kappa shape index (κ3) is 4.18. The number of amides is 1. The zero-order valence-corrected chi connectivity index (χ0v) is 16.9. The van der Waals surface area contributed by atoms with Crippen LogP contribution in [0.5, 0.6) is 0 Å². The molecule has 0 saturated heterocycles. The van der Waals surface area contributed by atoms with Crippen molar-refractivity contribution in [3.8, 4) is 5.69 Å².